The van der Waals surface area contributed by atoms with Gasteiger partial charge in [0, 0.05) is 18.3 Å². The van der Waals surface area contributed by atoms with Gasteiger partial charge in [0.25, 0.3) is 0 Å². The van der Waals surface area contributed by atoms with Crippen molar-refractivity contribution in [2.45, 2.75) is 32.2 Å². The molecule has 3 rings (SSSR count). The highest BCUT2D eigenvalue weighted by atomic mass is 16.5. The monoisotopic (exact) mass is 311 g/mol. The van der Waals surface area contributed by atoms with Gasteiger partial charge < -0.3 is 14.7 Å². The standard InChI is InChI=1S/C19H21NO3/c1-14-4-2-6-18(12-14)23-17-9-7-15(8-10-17)20-11-3-5-16(20)13-19(21)22/h2,4,6-10,12,16H,3,5,11,13H2,1H3,(H,21,22)/t16-/m0/s1. The van der Waals surface area contributed by atoms with Crippen LogP contribution in [0.15, 0.2) is 48.5 Å². The van der Waals surface area contributed by atoms with E-state index in [9.17, 15) is 4.79 Å². The minimum Gasteiger partial charge on any atom is -0.481 e. The largest absolute Gasteiger partial charge is 0.481 e. The maximum Gasteiger partial charge on any atom is 0.305 e. The number of carbonyl (C=O) groups is 1. The van der Waals surface area contributed by atoms with Gasteiger partial charge in [-0.25, -0.2) is 0 Å². The number of hydrogen-bond donors (Lipinski definition) is 1. The van der Waals surface area contributed by atoms with E-state index in [1.165, 1.54) is 0 Å². The average Bonchev–Trinajstić information content (AvgIpc) is 2.95. The predicted molar refractivity (Wildman–Crippen MR) is 90.3 cm³/mol. The summed E-state index contributed by atoms with van der Waals surface area (Å²) in [7, 11) is 0. The zero-order valence-corrected chi connectivity index (χ0v) is 13.2. The second-order valence-corrected chi connectivity index (χ2v) is 6.00. The summed E-state index contributed by atoms with van der Waals surface area (Å²) in [5, 5.41) is 9.02. The van der Waals surface area contributed by atoms with Gasteiger partial charge in [0.05, 0.1) is 6.42 Å². The number of aliphatic carboxylic acids is 1. The molecule has 1 atom stereocenters. The molecule has 0 unspecified atom stereocenters. The molecule has 1 N–H and O–H groups in total. The summed E-state index contributed by atoms with van der Waals surface area (Å²) in [5.74, 6) is 0.873. The van der Waals surface area contributed by atoms with Crippen LogP contribution in [0.25, 0.3) is 0 Å². The Kier molecular flexibility index (Phi) is 4.51. The topological polar surface area (TPSA) is 49.8 Å². The highest BCUT2D eigenvalue weighted by Gasteiger charge is 2.26. The minimum atomic E-state index is -0.735. The molecule has 4 heteroatoms. The van der Waals surface area contributed by atoms with E-state index in [-0.39, 0.29) is 12.5 Å². The van der Waals surface area contributed by atoms with Crippen molar-refractivity contribution in [1.82, 2.24) is 0 Å². The van der Waals surface area contributed by atoms with Crippen molar-refractivity contribution in [3.8, 4) is 11.5 Å². The van der Waals surface area contributed by atoms with Gasteiger partial charge in [0.15, 0.2) is 0 Å². The quantitative estimate of drug-likeness (QED) is 0.897. The van der Waals surface area contributed by atoms with E-state index in [1.807, 2.05) is 55.5 Å². The van der Waals surface area contributed by atoms with E-state index < -0.39 is 5.97 Å². The van der Waals surface area contributed by atoms with E-state index in [4.69, 9.17) is 9.84 Å². The normalized spacial score (nSPS) is 17.3. The molecule has 0 radical (unpaired) electrons. The molecule has 2 aromatic rings. The van der Waals surface area contributed by atoms with Crippen molar-refractivity contribution in [3.63, 3.8) is 0 Å². The number of anilines is 1. The molecule has 23 heavy (non-hydrogen) atoms. The smallest absolute Gasteiger partial charge is 0.305 e. The molecule has 0 saturated carbocycles. The fourth-order valence-electron chi connectivity index (χ4n) is 3.11. The molecule has 1 aliphatic heterocycles. The lowest BCUT2D eigenvalue weighted by Gasteiger charge is -2.25. The lowest BCUT2D eigenvalue weighted by atomic mass is 10.1. The molecule has 1 aliphatic rings. The summed E-state index contributed by atoms with van der Waals surface area (Å²) in [6.07, 6.45) is 2.18. The molecular weight excluding hydrogens is 290 g/mol. The van der Waals surface area contributed by atoms with E-state index in [2.05, 4.69) is 4.90 Å². The summed E-state index contributed by atoms with van der Waals surface area (Å²) in [6.45, 7) is 2.95. The Hall–Kier alpha value is -2.49. The Balaban J connectivity index is 1.70. The molecule has 1 fully saturated rings. The number of aryl methyl sites for hydroxylation is 1. The van der Waals surface area contributed by atoms with Crippen LogP contribution in [0.2, 0.25) is 0 Å². The third-order valence-corrected chi connectivity index (χ3v) is 4.18. The predicted octanol–water partition coefficient (Wildman–Crippen LogP) is 4.23. The third kappa shape index (κ3) is 3.83. The van der Waals surface area contributed by atoms with Crippen LogP contribution in [0.1, 0.15) is 24.8 Å². The third-order valence-electron chi connectivity index (χ3n) is 4.18. The van der Waals surface area contributed by atoms with Crippen molar-refractivity contribution in [3.05, 3.63) is 54.1 Å². The summed E-state index contributed by atoms with van der Waals surface area (Å²) in [5.41, 5.74) is 2.22. The zero-order valence-electron chi connectivity index (χ0n) is 13.2. The molecular formula is C19H21NO3. The van der Waals surface area contributed by atoms with Crippen LogP contribution >= 0.6 is 0 Å². The SMILES string of the molecule is Cc1cccc(Oc2ccc(N3CCC[C@H]3CC(=O)O)cc2)c1. The first-order chi connectivity index (χ1) is 11.1. The van der Waals surface area contributed by atoms with Crippen LogP contribution in [0.3, 0.4) is 0 Å². The van der Waals surface area contributed by atoms with Gasteiger partial charge in [-0.3, -0.25) is 4.79 Å². The van der Waals surface area contributed by atoms with Crippen molar-refractivity contribution in [2.75, 3.05) is 11.4 Å². The highest BCUT2D eigenvalue weighted by molar-refractivity contribution is 5.69. The maximum absolute atomic E-state index is 11.0. The second-order valence-electron chi connectivity index (χ2n) is 6.00. The van der Waals surface area contributed by atoms with E-state index in [0.717, 1.165) is 42.1 Å². The van der Waals surface area contributed by atoms with Crippen molar-refractivity contribution >= 4 is 11.7 Å². The van der Waals surface area contributed by atoms with Gasteiger partial charge in [-0.05, 0) is 61.7 Å². The summed E-state index contributed by atoms with van der Waals surface area (Å²) in [6, 6.07) is 15.9. The summed E-state index contributed by atoms with van der Waals surface area (Å²) in [4.78, 5) is 13.2. The summed E-state index contributed by atoms with van der Waals surface area (Å²) < 4.78 is 5.86. The highest BCUT2D eigenvalue weighted by Crippen LogP contribution is 2.30. The first-order valence-electron chi connectivity index (χ1n) is 7.95. The van der Waals surface area contributed by atoms with Crippen LogP contribution in [-0.2, 0) is 4.79 Å². The number of ether oxygens (including phenoxy) is 1. The first-order valence-corrected chi connectivity index (χ1v) is 7.95. The number of rotatable bonds is 5. The molecule has 2 aromatic carbocycles. The van der Waals surface area contributed by atoms with Gasteiger partial charge in [0.1, 0.15) is 11.5 Å². The van der Waals surface area contributed by atoms with Gasteiger partial charge in [-0.2, -0.15) is 0 Å². The minimum absolute atomic E-state index is 0.0936. The molecule has 1 heterocycles. The van der Waals surface area contributed by atoms with Gasteiger partial charge >= 0.3 is 5.97 Å². The van der Waals surface area contributed by atoms with E-state index >= 15 is 0 Å². The van der Waals surface area contributed by atoms with Crippen LogP contribution in [0.5, 0.6) is 11.5 Å². The van der Waals surface area contributed by atoms with Gasteiger partial charge in [-0.1, -0.05) is 12.1 Å². The number of carboxylic acids is 1. The van der Waals surface area contributed by atoms with Crippen molar-refractivity contribution < 1.29 is 14.6 Å². The number of nitrogens with zero attached hydrogens (tertiary/aromatic N) is 1. The lowest BCUT2D eigenvalue weighted by Crippen LogP contribution is -2.31. The zero-order chi connectivity index (χ0) is 16.2. The Bertz CT molecular complexity index is 681. The lowest BCUT2D eigenvalue weighted by molar-refractivity contribution is -0.137. The Labute approximate surface area is 136 Å². The molecule has 0 aliphatic carbocycles. The molecule has 0 bridgehead atoms. The van der Waals surface area contributed by atoms with Crippen molar-refractivity contribution in [1.29, 1.82) is 0 Å². The van der Waals surface area contributed by atoms with Crippen LogP contribution in [0, 0.1) is 6.92 Å². The van der Waals surface area contributed by atoms with Gasteiger partial charge in [-0.15, -0.1) is 0 Å². The average molecular weight is 311 g/mol. The fraction of sp³-hybridized carbons (Fsp3) is 0.316. The number of carboxylic acid groups (broad SMARTS) is 1. The molecule has 120 valence electrons. The molecule has 1 saturated heterocycles. The Morgan fingerprint density at radius 2 is 2.00 bits per heavy atom. The maximum atomic E-state index is 11.0. The van der Waals surface area contributed by atoms with E-state index in [0.29, 0.717) is 0 Å². The second kappa shape index (κ2) is 6.73. The van der Waals surface area contributed by atoms with Crippen molar-refractivity contribution in [2.24, 2.45) is 0 Å². The number of hydrogen-bond acceptors (Lipinski definition) is 3. The van der Waals surface area contributed by atoms with Crippen LogP contribution < -0.4 is 9.64 Å². The Morgan fingerprint density at radius 1 is 1.22 bits per heavy atom. The molecule has 0 aromatic heterocycles. The first kappa shape index (κ1) is 15.4. The molecule has 0 amide bonds. The van der Waals surface area contributed by atoms with E-state index in [1.54, 1.807) is 0 Å². The van der Waals surface area contributed by atoms with Crippen LogP contribution in [0.4, 0.5) is 5.69 Å². The number of benzene rings is 2. The fourth-order valence-corrected chi connectivity index (χ4v) is 3.11. The van der Waals surface area contributed by atoms with Crippen LogP contribution in [-0.4, -0.2) is 23.7 Å². The van der Waals surface area contributed by atoms with Gasteiger partial charge in [0.2, 0.25) is 0 Å². The molecule has 4 nitrogen and oxygen atoms in total. The Morgan fingerprint density at radius 3 is 2.70 bits per heavy atom. The molecule has 0 spiro atoms. The summed E-state index contributed by atoms with van der Waals surface area (Å²) >= 11 is 0.